The number of benzene rings is 2. The molecular weight excluding hydrogens is 460 g/mol. The summed E-state index contributed by atoms with van der Waals surface area (Å²) in [6.45, 7) is 1.89. The van der Waals surface area contributed by atoms with Gasteiger partial charge in [-0.3, -0.25) is 14.2 Å². The van der Waals surface area contributed by atoms with E-state index in [2.05, 4.69) is 15.3 Å². The zero-order valence-electron chi connectivity index (χ0n) is 15.6. The average molecular weight is 475 g/mol. The minimum absolute atomic E-state index is 0.0800. The molecule has 0 saturated carbocycles. The Balaban J connectivity index is 1.59. The number of thiazole rings is 1. The van der Waals surface area contributed by atoms with E-state index in [1.807, 2.05) is 43.3 Å². The molecule has 1 amide bonds. The second kappa shape index (κ2) is 8.73. The second-order valence-corrected chi connectivity index (χ2v) is 9.40. The number of para-hydroxylation sites is 1. The third kappa shape index (κ3) is 4.34. The summed E-state index contributed by atoms with van der Waals surface area (Å²) in [4.78, 5) is 32.2. The fourth-order valence-corrected chi connectivity index (χ4v) is 4.92. The van der Waals surface area contributed by atoms with E-state index in [1.54, 1.807) is 16.7 Å². The quantitative estimate of drug-likeness (QED) is 0.236. The van der Waals surface area contributed by atoms with Crippen LogP contribution in [0.5, 0.6) is 0 Å². The highest BCUT2D eigenvalue weighted by Gasteiger charge is 2.15. The molecule has 0 aliphatic carbocycles. The molecule has 0 spiro atoms. The molecule has 0 aliphatic heterocycles. The molecule has 2 aromatic carbocycles. The van der Waals surface area contributed by atoms with Crippen molar-refractivity contribution in [2.75, 3.05) is 11.1 Å². The van der Waals surface area contributed by atoms with Crippen molar-refractivity contribution in [2.24, 2.45) is 0 Å². The number of halogens is 1. The number of fused-ring (bicyclic) bond motifs is 1. The summed E-state index contributed by atoms with van der Waals surface area (Å²) in [7, 11) is 0. The molecule has 0 radical (unpaired) electrons. The monoisotopic (exact) mass is 474 g/mol. The van der Waals surface area contributed by atoms with Crippen LogP contribution in [0.3, 0.4) is 0 Å². The van der Waals surface area contributed by atoms with Crippen molar-refractivity contribution >= 4 is 68.9 Å². The van der Waals surface area contributed by atoms with Crippen LogP contribution in [0, 0.1) is 10.9 Å². The smallest absolute Gasteiger partial charge is 0.271 e. The predicted molar refractivity (Wildman–Crippen MR) is 126 cm³/mol. The van der Waals surface area contributed by atoms with Crippen LogP contribution in [0.15, 0.2) is 58.5 Å². The van der Waals surface area contributed by atoms with E-state index in [1.165, 1.54) is 11.3 Å². The highest BCUT2D eigenvalue weighted by atomic mass is 35.5. The number of hydrogen-bond acceptors (Lipinski definition) is 6. The number of aromatic amines is 1. The summed E-state index contributed by atoms with van der Waals surface area (Å²) in [5, 5.41) is 3.72. The molecule has 30 heavy (non-hydrogen) atoms. The molecule has 4 aromatic rings. The first kappa shape index (κ1) is 20.8. The Hall–Kier alpha value is -2.46. The van der Waals surface area contributed by atoms with Crippen molar-refractivity contribution in [3.8, 4) is 5.69 Å². The van der Waals surface area contributed by atoms with Gasteiger partial charge in [0.2, 0.25) is 5.91 Å². The molecule has 2 N–H and O–H groups in total. The van der Waals surface area contributed by atoms with Gasteiger partial charge in [-0.2, -0.15) is 0 Å². The molecule has 0 saturated heterocycles. The van der Waals surface area contributed by atoms with E-state index in [0.29, 0.717) is 30.2 Å². The van der Waals surface area contributed by atoms with Crippen molar-refractivity contribution < 1.29 is 4.79 Å². The van der Waals surface area contributed by atoms with Gasteiger partial charge in [0.05, 0.1) is 5.75 Å². The van der Waals surface area contributed by atoms with Crippen molar-refractivity contribution in [1.82, 2.24) is 14.5 Å². The molecule has 0 fully saturated rings. The zero-order chi connectivity index (χ0) is 21.3. The highest BCUT2D eigenvalue weighted by molar-refractivity contribution is 7.99. The number of aromatic nitrogens is 3. The number of aryl methyl sites for hydroxylation is 1. The lowest BCUT2D eigenvalue weighted by Crippen LogP contribution is -2.16. The number of amides is 1. The number of nitrogens with zero attached hydrogens (tertiary/aromatic N) is 2. The van der Waals surface area contributed by atoms with Gasteiger partial charge in [-0.15, -0.1) is 0 Å². The van der Waals surface area contributed by atoms with E-state index < -0.39 is 0 Å². The standard InChI is InChI=1S/C20H15ClN4O2S3/c1-11-7-8-12(21)9-14(11)22-15(26)10-29-19-23-17-16(18(27)24-19)30-20(28)25(17)13-5-3-2-4-6-13/h2-9H,10H2,1H3,(H,22,26)(H,23,24,27). The second-order valence-electron chi connectivity index (χ2n) is 6.36. The lowest BCUT2D eigenvalue weighted by Gasteiger charge is -2.09. The number of nitrogens with one attached hydrogen (secondary N) is 2. The minimum atomic E-state index is -0.278. The molecule has 2 aromatic heterocycles. The van der Waals surface area contributed by atoms with E-state index in [0.717, 1.165) is 23.0 Å². The first-order valence-corrected chi connectivity index (χ1v) is 11.4. The SMILES string of the molecule is Cc1ccc(Cl)cc1NC(=O)CSc1nc2c(sc(=S)n2-c2ccccc2)c(=O)[nH]1. The molecule has 0 unspecified atom stereocenters. The molecule has 6 nitrogen and oxygen atoms in total. The van der Waals surface area contributed by atoms with Gasteiger partial charge in [0.15, 0.2) is 14.8 Å². The summed E-state index contributed by atoms with van der Waals surface area (Å²) in [5.74, 6) is -0.144. The maximum Gasteiger partial charge on any atom is 0.271 e. The molecule has 0 bridgehead atoms. The van der Waals surface area contributed by atoms with Crippen LogP contribution < -0.4 is 10.9 Å². The number of thioether (sulfide) groups is 1. The normalized spacial score (nSPS) is 11.0. The number of H-pyrrole nitrogens is 1. The summed E-state index contributed by atoms with van der Waals surface area (Å²) >= 11 is 13.8. The van der Waals surface area contributed by atoms with Gasteiger partial charge in [0.1, 0.15) is 4.70 Å². The van der Waals surface area contributed by atoms with Crippen LogP contribution >= 0.6 is 46.9 Å². The zero-order valence-corrected chi connectivity index (χ0v) is 18.8. The Kier molecular flexibility index (Phi) is 6.05. The van der Waals surface area contributed by atoms with Crippen LogP contribution in [0.4, 0.5) is 5.69 Å². The van der Waals surface area contributed by atoms with Crippen LogP contribution in [0.1, 0.15) is 5.56 Å². The maximum absolute atomic E-state index is 12.5. The summed E-state index contributed by atoms with van der Waals surface area (Å²) in [6.07, 6.45) is 0. The first-order chi connectivity index (χ1) is 14.4. The maximum atomic E-state index is 12.5. The molecule has 0 atom stereocenters. The lowest BCUT2D eigenvalue weighted by molar-refractivity contribution is -0.113. The number of hydrogen-bond donors (Lipinski definition) is 2. The largest absolute Gasteiger partial charge is 0.325 e. The number of carbonyl (C=O) groups excluding carboxylic acids is 1. The van der Waals surface area contributed by atoms with Crippen molar-refractivity contribution in [3.05, 3.63) is 73.4 Å². The fraction of sp³-hybridized carbons (Fsp3) is 0.100. The Labute approximate surface area is 189 Å². The molecular formula is C20H15ClN4O2S3. The highest BCUT2D eigenvalue weighted by Crippen LogP contribution is 2.25. The van der Waals surface area contributed by atoms with Gasteiger partial charge in [0, 0.05) is 16.4 Å². The molecule has 152 valence electrons. The van der Waals surface area contributed by atoms with Gasteiger partial charge >= 0.3 is 0 Å². The van der Waals surface area contributed by atoms with Gasteiger partial charge in [-0.1, -0.05) is 59.0 Å². The van der Waals surface area contributed by atoms with E-state index >= 15 is 0 Å². The third-order valence-corrected chi connectivity index (χ3v) is 6.72. The average Bonchev–Trinajstić information content (AvgIpc) is 3.06. The van der Waals surface area contributed by atoms with Crippen LogP contribution in [-0.2, 0) is 4.79 Å². The fourth-order valence-electron chi connectivity index (χ4n) is 2.82. The number of carbonyl (C=O) groups is 1. The minimum Gasteiger partial charge on any atom is -0.325 e. The summed E-state index contributed by atoms with van der Waals surface area (Å²) in [5.41, 5.74) is 2.59. The molecule has 2 heterocycles. The lowest BCUT2D eigenvalue weighted by atomic mass is 10.2. The predicted octanol–water partition coefficient (Wildman–Crippen LogP) is 5.20. The van der Waals surface area contributed by atoms with E-state index in [-0.39, 0.29) is 17.2 Å². The Morgan fingerprint density at radius 3 is 2.83 bits per heavy atom. The summed E-state index contributed by atoms with van der Waals surface area (Å²) in [6, 6.07) is 14.8. The number of rotatable bonds is 5. The van der Waals surface area contributed by atoms with Crippen molar-refractivity contribution in [3.63, 3.8) is 0 Å². The Bertz CT molecular complexity index is 1360. The summed E-state index contributed by atoms with van der Waals surface area (Å²) < 4.78 is 2.75. The van der Waals surface area contributed by atoms with Gasteiger partial charge in [-0.05, 0) is 49.0 Å². The van der Waals surface area contributed by atoms with Gasteiger partial charge < -0.3 is 10.3 Å². The van der Waals surface area contributed by atoms with Gasteiger partial charge in [0.25, 0.3) is 5.56 Å². The number of anilines is 1. The Morgan fingerprint density at radius 1 is 1.30 bits per heavy atom. The first-order valence-electron chi connectivity index (χ1n) is 8.82. The van der Waals surface area contributed by atoms with Crippen LogP contribution in [0.2, 0.25) is 5.02 Å². The molecule has 4 rings (SSSR count). The van der Waals surface area contributed by atoms with E-state index in [4.69, 9.17) is 23.8 Å². The Morgan fingerprint density at radius 2 is 2.07 bits per heavy atom. The molecule has 10 heteroatoms. The molecule has 0 aliphatic rings. The van der Waals surface area contributed by atoms with E-state index in [9.17, 15) is 9.59 Å². The van der Waals surface area contributed by atoms with Crippen molar-refractivity contribution in [1.29, 1.82) is 0 Å². The topological polar surface area (TPSA) is 79.8 Å². The van der Waals surface area contributed by atoms with Crippen molar-refractivity contribution in [2.45, 2.75) is 12.1 Å². The van der Waals surface area contributed by atoms with Crippen LogP contribution in [-0.4, -0.2) is 26.2 Å². The third-order valence-electron chi connectivity index (χ3n) is 4.25. The van der Waals surface area contributed by atoms with Gasteiger partial charge in [-0.25, -0.2) is 4.98 Å². The van der Waals surface area contributed by atoms with Crippen LogP contribution in [0.25, 0.3) is 16.0 Å².